The van der Waals surface area contributed by atoms with E-state index in [0.29, 0.717) is 17.1 Å². The Kier molecular flexibility index (Phi) is 6.94. The number of hydrogen-bond donors (Lipinski definition) is 1. The summed E-state index contributed by atoms with van der Waals surface area (Å²) in [5.41, 5.74) is 3.91. The van der Waals surface area contributed by atoms with E-state index < -0.39 is 0 Å². The number of ether oxygens (including phenoxy) is 1. The first kappa shape index (κ1) is 20.6. The zero-order chi connectivity index (χ0) is 20.1. The molecule has 28 heavy (non-hydrogen) atoms. The van der Waals surface area contributed by atoms with Crippen molar-refractivity contribution in [3.8, 4) is 0 Å². The van der Waals surface area contributed by atoms with Crippen LogP contribution in [0.25, 0.3) is 0 Å². The molecule has 0 bridgehead atoms. The number of rotatable bonds is 6. The molecule has 0 aromatic heterocycles. The summed E-state index contributed by atoms with van der Waals surface area (Å²) in [7, 11) is 4.00. The van der Waals surface area contributed by atoms with E-state index in [2.05, 4.69) is 21.2 Å². The number of carbonyl (C=O) groups excluding carboxylic acids is 1. The van der Waals surface area contributed by atoms with Crippen LogP contribution in [0.3, 0.4) is 0 Å². The fraction of sp³-hybridized carbons (Fsp3) is 0.409. The molecule has 1 atom stereocenters. The molecule has 6 heteroatoms. The number of morpholine rings is 1. The molecule has 1 unspecified atom stereocenters. The van der Waals surface area contributed by atoms with Crippen LogP contribution >= 0.6 is 11.6 Å². The van der Waals surface area contributed by atoms with Gasteiger partial charge in [0.2, 0.25) is 0 Å². The minimum absolute atomic E-state index is 0.0467. The second-order valence-corrected chi connectivity index (χ2v) is 7.73. The molecule has 0 radical (unpaired) electrons. The number of amides is 1. The first-order chi connectivity index (χ1) is 13.5. The molecule has 0 saturated carbocycles. The average molecular weight is 402 g/mol. The maximum absolute atomic E-state index is 12.9. The maximum Gasteiger partial charge on any atom is 0.251 e. The lowest BCUT2D eigenvalue weighted by Crippen LogP contribution is -2.37. The SMILES string of the molecule is Cc1c(C(=O)NCC(c2cccc(Cl)c2)N(C)C)cccc1N1CCOCC1. The van der Waals surface area contributed by atoms with E-state index in [1.807, 2.05) is 57.4 Å². The minimum Gasteiger partial charge on any atom is -0.378 e. The van der Waals surface area contributed by atoms with Crippen LogP contribution in [-0.4, -0.2) is 57.8 Å². The van der Waals surface area contributed by atoms with Crippen LogP contribution in [0.5, 0.6) is 0 Å². The summed E-state index contributed by atoms with van der Waals surface area (Å²) in [6, 6.07) is 13.7. The van der Waals surface area contributed by atoms with Gasteiger partial charge in [-0.05, 0) is 56.4 Å². The van der Waals surface area contributed by atoms with Gasteiger partial charge in [0.05, 0.1) is 19.3 Å². The molecule has 1 fully saturated rings. The molecule has 1 heterocycles. The third-order valence-corrected chi connectivity index (χ3v) is 5.45. The first-order valence-electron chi connectivity index (χ1n) is 9.60. The summed E-state index contributed by atoms with van der Waals surface area (Å²) in [4.78, 5) is 17.3. The van der Waals surface area contributed by atoms with Gasteiger partial charge in [0.1, 0.15) is 0 Å². The molecular weight excluding hydrogens is 374 g/mol. The normalized spacial score (nSPS) is 15.5. The predicted molar refractivity (Wildman–Crippen MR) is 114 cm³/mol. The van der Waals surface area contributed by atoms with Gasteiger partial charge in [-0.15, -0.1) is 0 Å². The second-order valence-electron chi connectivity index (χ2n) is 7.29. The Morgan fingerprint density at radius 3 is 2.61 bits per heavy atom. The van der Waals surface area contributed by atoms with Crippen LogP contribution in [0.2, 0.25) is 5.02 Å². The van der Waals surface area contributed by atoms with Crippen LogP contribution in [0.1, 0.15) is 27.5 Å². The van der Waals surface area contributed by atoms with Crippen molar-refractivity contribution in [2.24, 2.45) is 0 Å². The molecule has 0 spiro atoms. The van der Waals surface area contributed by atoms with Crippen LogP contribution in [0.15, 0.2) is 42.5 Å². The lowest BCUT2D eigenvalue weighted by molar-refractivity contribution is 0.0941. The monoisotopic (exact) mass is 401 g/mol. The molecule has 1 aliphatic rings. The van der Waals surface area contributed by atoms with E-state index in [1.54, 1.807) is 0 Å². The van der Waals surface area contributed by atoms with E-state index in [4.69, 9.17) is 16.3 Å². The van der Waals surface area contributed by atoms with Crippen LogP contribution < -0.4 is 10.2 Å². The third-order valence-electron chi connectivity index (χ3n) is 5.21. The Bertz CT molecular complexity index is 819. The van der Waals surface area contributed by atoms with Gasteiger partial charge in [0.15, 0.2) is 0 Å². The highest BCUT2D eigenvalue weighted by Gasteiger charge is 2.20. The molecule has 1 aliphatic heterocycles. The summed E-state index contributed by atoms with van der Waals surface area (Å²) >= 11 is 6.14. The Labute approximate surface area is 172 Å². The highest BCUT2D eigenvalue weighted by atomic mass is 35.5. The zero-order valence-corrected chi connectivity index (χ0v) is 17.5. The zero-order valence-electron chi connectivity index (χ0n) is 16.7. The Balaban J connectivity index is 1.73. The summed E-state index contributed by atoms with van der Waals surface area (Å²) in [6.07, 6.45) is 0. The van der Waals surface area contributed by atoms with Gasteiger partial charge >= 0.3 is 0 Å². The average Bonchev–Trinajstić information content (AvgIpc) is 2.68. The molecule has 2 aromatic carbocycles. The molecule has 2 aromatic rings. The number of nitrogens with zero attached hydrogens (tertiary/aromatic N) is 2. The summed E-state index contributed by atoms with van der Waals surface area (Å²) in [5, 5.41) is 3.80. The highest BCUT2D eigenvalue weighted by molar-refractivity contribution is 6.30. The van der Waals surface area contributed by atoms with E-state index in [-0.39, 0.29) is 11.9 Å². The van der Waals surface area contributed by atoms with Gasteiger partial charge in [-0.3, -0.25) is 4.79 Å². The van der Waals surface area contributed by atoms with Gasteiger partial charge in [-0.1, -0.05) is 29.8 Å². The molecular formula is C22H28ClN3O2. The number of anilines is 1. The number of benzene rings is 2. The topological polar surface area (TPSA) is 44.8 Å². The van der Waals surface area contributed by atoms with Gasteiger partial charge < -0.3 is 19.9 Å². The van der Waals surface area contributed by atoms with Crippen molar-refractivity contribution >= 4 is 23.2 Å². The fourth-order valence-corrected chi connectivity index (χ4v) is 3.81. The Morgan fingerprint density at radius 1 is 1.21 bits per heavy atom. The van der Waals surface area contributed by atoms with Crippen molar-refractivity contribution in [3.05, 3.63) is 64.2 Å². The highest BCUT2D eigenvalue weighted by Crippen LogP contribution is 2.25. The molecule has 1 N–H and O–H groups in total. The van der Waals surface area contributed by atoms with Crippen molar-refractivity contribution in [3.63, 3.8) is 0 Å². The van der Waals surface area contributed by atoms with E-state index in [0.717, 1.165) is 43.1 Å². The van der Waals surface area contributed by atoms with E-state index in [9.17, 15) is 4.79 Å². The van der Waals surface area contributed by atoms with Crippen LogP contribution in [0.4, 0.5) is 5.69 Å². The number of carbonyl (C=O) groups is 1. The molecule has 0 aliphatic carbocycles. The van der Waals surface area contributed by atoms with Crippen LogP contribution in [-0.2, 0) is 4.74 Å². The molecule has 3 rings (SSSR count). The summed E-state index contributed by atoms with van der Waals surface area (Å²) in [6.45, 7) is 5.67. The number of halogens is 1. The van der Waals surface area contributed by atoms with Gasteiger partial charge in [-0.2, -0.15) is 0 Å². The largest absolute Gasteiger partial charge is 0.378 e. The smallest absolute Gasteiger partial charge is 0.251 e. The van der Waals surface area contributed by atoms with Gasteiger partial charge in [0.25, 0.3) is 5.91 Å². The van der Waals surface area contributed by atoms with Crippen molar-refractivity contribution in [1.29, 1.82) is 0 Å². The van der Waals surface area contributed by atoms with Crippen LogP contribution in [0, 0.1) is 6.92 Å². The van der Waals surface area contributed by atoms with Crippen molar-refractivity contribution in [2.45, 2.75) is 13.0 Å². The van der Waals surface area contributed by atoms with Gasteiger partial charge in [0, 0.05) is 35.9 Å². The molecule has 1 saturated heterocycles. The lowest BCUT2D eigenvalue weighted by Gasteiger charge is -2.30. The quantitative estimate of drug-likeness (QED) is 0.804. The van der Waals surface area contributed by atoms with E-state index in [1.165, 1.54) is 0 Å². The molecule has 1 amide bonds. The van der Waals surface area contributed by atoms with Crippen molar-refractivity contribution in [2.75, 3.05) is 51.8 Å². The number of nitrogens with one attached hydrogen (secondary N) is 1. The van der Waals surface area contributed by atoms with Gasteiger partial charge in [-0.25, -0.2) is 0 Å². The maximum atomic E-state index is 12.9. The molecule has 5 nitrogen and oxygen atoms in total. The summed E-state index contributed by atoms with van der Waals surface area (Å²) < 4.78 is 5.44. The summed E-state index contributed by atoms with van der Waals surface area (Å²) in [5.74, 6) is -0.0542. The van der Waals surface area contributed by atoms with Crippen molar-refractivity contribution < 1.29 is 9.53 Å². The fourth-order valence-electron chi connectivity index (χ4n) is 3.61. The number of likely N-dealkylation sites (N-methyl/N-ethyl adjacent to an activating group) is 1. The standard InChI is InChI=1S/C22H28ClN3O2/c1-16-19(8-5-9-20(16)26-10-12-28-13-11-26)22(27)24-15-21(25(2)3)17-6-4-7-18(23)14-17/h4-9,14,21H,10-13,15H2,1-3H3,(H,24,27). The van der Waals surface area contributed by atoms with E-state index >= 15 is 0 Å². The predicted octanol–water partition coefficient (Wildman–Crippen LogP) is 3.52. The first-order valence-corrected chi connectivity index (χ1v) is 9.97. The Morgan fingerprint density at radius 2 is 1.93 bits per heavy atom. The third kappa shape index (κ3) is 4.85. The Hall–Kier alpha value is -2.08. The van der Waals surface area contributed by atoms with Crippen molar-refractivity contribution in [1.82, 2.24) is 10.2 Å². The lowest BCUT2D eigenvalue weighted by atomic mass is 10.0. The number of hydrogen-bond acceptors (Lipinski definition) is 4. The molecule has 150 valence electrons. The second kappa shape index (κ2) is 9.41. The minimum atomic E-state index is -0.0542.